The number of hydrogen-bond donors (Lipinski definition) is 1. The minimum Gasteiger partial charge on any atom is -0.497 e. The average Bonchev–Trinajstić information content (AvgIpc) is 2.86. The fourth-order valence-electron chi connectivity index (χ4n) is 2.32. The lowest BCUT2D eigenvalue weighted by Crippen LogP contribution is -2.28. The second kappa shape index (κ2) is 6.91. The van der Waals surface area contributed by atoms with Crippen LogP contribution in [0.5, 0.6) is 5.75 Å². The van der Waals surface area contributed by atoms with Crippen LogP contribution in [0.4, 0.5) is 0 Å². The Hall–Kier alpha value is -1.89. The van der Waals surface area contributed by atoms with Gasteiger partial charge in [-0.15, -0.1) is 0 Å². The minimum atomic E-state index is -3.06. The zero-order chi connectivity index (χ0) is 16.2. The summed E-state index contributed by atoms with van der Waals surface area (Å²) in [4.78, 5) is 11.9. The van der Waals surface area contributed by atoms with Crippen LogP contribution in [0.25, 0.3) is 0 Å². The number of carbonyl (C=O) groups excluding carboxylic acids is 1. The number of benzene rings is 1. The van der Waals surface area contributed by atoms with Crippen LogP contribution in [0.1, 0.15) is 18.9 Å². The van der Waals surface area contributed by atoms with Gasteiger partial charge in [-0.25, -0.2) is 13.8 Å². The van der Waals surface area contributed by atoms with Gasteiger partial charge in [0, 0.05) is 12.1 Å². The molecule has 0 bridgehead atoms. The number of nitrogens with one attached hydrogen (secondary N) is 1. The Morgan fingerprint density at radius 1 is 1.36 bits per heavy atom. The van der Waals surface area contributed by atoms with Gasteiger partial charge in [0.1, 0.15) is 5.75 Å². The second-order valence-corrected chi connectivity index (χ2v) is 7.68. The van der Waals surface area contributed by atoms with E-state index in [1.165, 1.54) is 0 Å². The molecule has 1 atom stereocenters. The molecule has 0 aliphatic carbocycles. The van der Waals surface area contributed by atoms with Crippen molar-refractivity contribution in [3.63, 3.8) is 0 Å². The predicted octanol–water partition coefficient (Wildman–Crippen LogP) is 1.16. The fourth-order valence-corrected chi connectivity index (χ4v) is 4.06. The van der Waals surface area contributed by atoms with Crippen LogP contribution in [0.15, 0.2) is 29.4 Å². The third-order valence-electron chi connectivity index (χ3n) is 3.58. The van der Waals surface area contributed by atoms with E-state index in [-0.39, 0.29) is 17.4 Å². The molecule has 1 aliphatic rings. The molecule has 0 radical (unpaired) electrons. The zero-order valence-electron chi connectivity index (χ0n) is 12.7. The summed E-state index contributed by atoms with van der Waals surface area (Å²) in [5.74, 6) is -0.0160. The normalized spacial score (nSPS) is 20.6. The van der Waals surface area contributed by atoms with E-state index in [0.717, 1.165) is 17.0 Å². The van der Waals surface area contributed by atoms with E-state index in [1.54, 1.807) is 7.11 Å². The average molecular weight is 324 g/mol. The maximum absolute atomic E-state index is 11.9. The summed E-state index contributed by atoms with van der Waals surface area (Å²) in [6, 6.07) is 7.60. The van der Waals surface area contributed by atoms with Crippen molar-refractivity contribution < 1.29 is 17.9 Å². The first-order valence-corrected chi connectivity index (χ1v) is 8.88. The number of carbonyl (C=O) groups is 1. The number of hydrogen-bond acceptors (Lipinski definition) is 5. The molecule has 6 nitrogen and oxygen atoms in total. The number of hydrazone groups is 1. The maximum atomic E-state index is 11.9. The van der Waals surface area contributed by atoms with Gasteiger partial charge in [0.15, 0.2) is 9.84 Å². The number of amides is 1. The third kappa shape index (κ3) is 4.56. The van der Waals surface area contributed by atoms with Crippen molar-refractivity contribution in [3.05, 3.63) is 29.8 Å². The fraction of sp³-hybridized carbons (Fsp3) is 0.467. The Bertz CT molecular complexity index is 665. The standard InChI is InChI=1S/C15H20N2O4S/c1-11(9-12-3-5-14(21-2)6-4-12)16-17-15(18)13-7-8-22(19,20)10-13/h3-6,13H,7-10H2,1-2H3,(H,17,18)/b16-11-/t13-/m0/s1. The van der Waals surface area contributed by atoms with Crippen LogP contribution in [0.3, 0.4) is 0 Å². The molecular formula is C15H20N2O4S. The van der Waals surface area contributed by atoms with Crippen LogP contribution < -0.4 is 10.2 Å². The summed E-state index contributed by atoms with van der Waals surface area (Å²) < 4.78 is 27.8. The smallest absolute Gasteiger partial charge is 0.244 e. The molecular weight excluding hydrogens is 304 g/mol. The Morgan fingerprint density at radius 3 is 2.59 bits per heavy atom. The van der Waals surface area contributed by atoms with E-state index in [1.807, 2.05) is 31.2 Å². The summed E-state index contributed by atoms with van der Waals surface area (Å²) in [7, 11) is -1.44. The van der Waals surface area contributed by atoms with Gasteiger partial charge in [0.05, 0.1) is 24.5 Å². The molecule has 1 fully saturated rings. The van der Waals surface area contributed by atoms with Crippen molar-refractivity contribution >= 4 is 21.5 Å². The quantitative estimate of drug-likeness (QED) is 0.651. The van der Waals surface area contributed by atoms with Crippen LogP contribution in [0.2, 0.25) is 0 Å². The monoisotopic (exact) mass is 324 g/mol. The topological polar surface area (TPSA) is 84.8 Å². The van der Waals surface area contributed by atoms with Gasteiger partial charge in [-0.1, -0.05) is 12.1 Å². The van der Waals surface area contributed by atoms with Gasteiger partial charge in [-0.05, 0) is 31.0 Å². The highest BCUT2D eigenvalue weighted by molar-refractivity contribution is 7.91. The Kier molecular flexibility index (Phi) is 5.18. The molecule has 1 aliphatic heterocycles. The first-order chi connectivity index (χ1) is 10.4. The number of methoxy groups -OCH3 is 1. The van der Waals surface area contributed by atoms with Crippen LogP contribution >= 0.6 is 0 Å². The molecule has 0 spiro atoms. The predicted molar refractivity (Wildman–Crippen MR) is 84.7 cm³/mol. The summed E-state index contributed by atoms with van der Waals surface area (Å²) >= 11 is 0. The van der Waals surface area contributed by atoms with Crippen LogP contribution in [-0.2, 0) is 21.1 Å². The summed E-state index contributed by atoms with van der Waals surface area (Å²) in [5, 5.41) is 4.05. The Balaban J connectivity index is 1.88. The Labute approximate surface area is 130 Å². The van der Waals surface area contributed by atoms with Gasteiger partial charge in [0.25, 0.3) is 0 Å². The van der Waals surface area contributed by atoms with Gasteiger partial charge in [0.2, 0.25) is 5.91 Å². The van der Waals surface area contributed by atoms with E-state index < -0.39 is 15.8 Å². The SMILES string of the molecule is COc1ccc(C/C(C)=N\NC(=O)[C@H]2CCS(=O)(=O)C2)cc1. The highest BCUT2D eigenvalue weighted by atomic mass is 32.2. The molecule has 0 unspecified atom stereocenters. The molecule has 0 saturated carbocycles. The number of sulfone groups is 1. The van der Waals surface area contributed by atoms with Crippen molar-refractivity contribution in [2.45, 2.75) is 19.8 Å². The molecule has 1 N–H and O–H groups in total. The van der Waals surface area contributed by atoms with Crippen molar-refractivity contribution in [2.75, 3.05) is 18.6 Å². The first kappa shape index (κ1) is 16.5. The van der Waals surface area contributed by atoms with E-state index >= 15 is 0 Å². The number of rotatable bonds is 5. The third-order valence-corrected chi connectivity index (χ3v) is 5.35. The number of ether oxygens (including phenoxy) is 1. The largest absolute Gasteiger partial charge is 0.497 e. The Morgan fingerprint density at radius 2 is 2.05 bits per heavy atom. The summed E-state index contributed by atoms with van der Waals surface area (Å²) in [5.41, 5.74) is 4.27. The lowest BCUT2D eigenvalue weighted by molar-refractivity contribution is -0.124. The molecule has 7 heteroatoms. The van der Waals surface area contributed by atoms with E-state index in [2.05, 4.69) is 10.5 Å². The first-order valence-electron chi connectivity index (χ1n) is 7.06. The van der Waals surface area contributed by atoms with Gasteiger partial charge < -0.3 is 4.74 Å². The number of nitrogens with zero attached hydrogens (tertiary/aromatic N) is 1. The van der Waals surface area contributed by atoms with Crippen LogP contribution in [0, 0.1) is 5.92 Å². The molecule has 2 rings (SSSR count). The maximum Gasteiger partial charge on any atom is 0.244 e. The van der Waals surface area contributed by atoms with Gasteiger partial charge >= 0.3 is 0 Å². The molecule has 1 aromatic carbocycles. The van der Waals surface area contributed by atoms with Gasteiger partial charge in [-0.3, -0.25) is 4.79 Å². The molecule has 1 amide bonds. The molecule has 120 valence electrons. The molecule has 1 aromatic rings. The van der Waals surface area contributed by atoms with Crippen molar-refractivity contribution in [2.24, 2.45) is 11.0 Å². The molecule has 22 heavy (non-hydrogen) atoms. The second-order valence-electron chi connectivity index (χ2n) is 5.45. The minimum absolute atomic E-state index is 0.0775. The van der Waals surface area contributed by atoms with Crippen molar-refractivity contribution in [3.8, 4) is 5.75 Å². The van der Waals surface area contributed by atoms with Crippen molar-refractivity contribution in [1.82, 2.24) is 5.43 Å². The lowest BCUT2D eigenvalue weighted by Gasteiger charge is -2.07. The van der Waals surface area contributed by atoms with E-state index in [0.29, 0.717) is 12.8 Å². The van der Waals surface area contributed by atoms with E-state index in [4.69, 9.17) is 4.74 Å². The van der Waals surface area contributed by atoms with Gasteiger partial charge in [-0.2, -0.15) is 5.10 Å². The van der Waals surface area contributed by atoms with E-state index in [9.17, 15) is 13.2 Å². The van der Waals surface area contributed by atoms with Crippen molar-refractivity contribution in [1.29, 1.82) is 0 Å². The highest BCUT2D eigenvalue weighted by Crippen LogP contribution is 2.18. The summed E-state index contributed by atoms with van der Waals surface area (Å²) in [6.07, 6.45) is 0.981. The molecule has 0 aromatic heterocycles. The molecule has 1 saturated heterocycles. The highest BCUT2D eigenvalue weighted by Gasteiger charge is 2.32. The summed E-state index contributed by atoms with van der Waals surface area (Å²) in [6.45, 7) is 1.82. The zero-order valence-corrected chi connectivity index (χ0v) is 13.5. The molecule has 1 heterocycles. The van der Waals surface area contributed by atoms with Crippen LogP contribution in [-0.4, -0.2) is 38.7 Å². The lowest BCUT2D eigenvalue weighted by atomic mass is 10.1.